The Morgan fingerprint density at radius 1 is 1.24 bits per heavy atom. The second kappa shape index (κ2) is 7.65. The van der Waals surface area contributed by atoms with Crippen molar-refractivity contribution in [1.82, 2.24) is 30.0 Å². The van der Waals surface area contributed by atoms with Crippen LogP contribution in [0.5, 0.6) is 0 Å². The molecule has 29 heavy (non-hydrogen) atoms. The van der Waals surface area contributed by atoms with Gasteiger partial charge in [-0.15, -0.1) is 5.10 Å². The highest BCUT2D eigenvalue weighted by molar-refractivity contribution is 5.94. The highest BCUT2D eigenvalue weighted by atomic mass is 16.5. The Hall–Kier alpha value is -3.23. The van der Waals surface area contributed by atoms with E-state index < -0.39 is 0 Å². The van der Waals surface area contributed by atoms with E-state index in [0.29, 0.717) is 36.1 Å². The molecular formula is C20H25N7O2. The summed E-state index contributed by atoms with van der Waals surface area (Å²) in [6.07, 6.45) is 2.63. The van der Waals surface area contributed by atoms with Gasteiger partial charge in [-0.2, -0.15) is 4.98 Å². The summed E-state index contributed by atoms with van der Waals surface area (Å²) in [7, 11) is 3.96. The maximum absolute atomic E-state index is 12.8. The second-order valence-corrected chi connectivity index (χ2v) is 7.83. The van der Waals surface area contributed by atoms with Crippen molar-refractivity contribution in [3.05, 3.63) is 41.9 Å². The number of anilines is 1. The van der Waals surface area contributed by atoms with Gasteiger partial charge in [-0.05, 0) is 30.7 Å². The largest absolute Gasteiger partial charge is 0.378 e. The van der Waals surface area contributed by atoms with Crippen molar-refractivity contribution in [2.75, 3.05) is 32.1 Å². The Morgan fingerprint density at radius 2 is 2.00 bits per heavy atom. The van der Waals surface area contributed by atoms with Gasteiger partial charge in [0, 0.05) is 44.4 Å². The number of nitrogens with zero attached hydrogens (tertiary/aromatic N) is 7. The molecule has 3 aromatic rings. The van der Waals surface area contributed by atoms with Crippen molar-refractivity contribution in [3.8, 4) is 11.6 Å². The molecule has 1 atom stereocenters. The first kappa shape index (κ1) is 19.1. The lowest BCUT2D eigenvalue weighted by Gasteiger charge is -2.17. The first-order valence-electron chi connectivity index (χ1n) is 9.75. The van der Waals surface area contributed by atoms with Gasteiger partial charge in [0.25, 0.3) is 11.8 Å². The van der Waals surface area contributed by atoms with Crippen molar-refractivity contribution in [2.24, 2.45) is 0 Å². The van der Waals surface area contributed by atoms with Gasteiger partial charge < -0.3 is 14.3 Å². The molecule has 0 saturated carbocycles. The molecule has 3 heterocycles. The molecule has 0 aliphatic carbocycles. The summed E-state index contributed by atoms with van der Waals surface area (Å²) in [6.45, 7) is 5.29. The van der Waals surface area contributed by atoms with Crippen molar-refractivity contribution < 1.29 is 9.32 Å². The van der Waals surface area contributed by atoms with Crippen LogP contribution in [-0.4, -0.2) is 63.1 Å². The predicted molar refractivity (Wildman–Crippen MR) is 108 cm³/mol. The van der Waals surface area contributed by atoms with E-state index in [4.69, 9.17) is 4.52 Å². The van der Waals surface area contributed by atoms with Crippen molar-refractivity contribution in [1.29, 1.82) is 0 Å². The minimum atomic E-state index is 0.0385. The lowest BCUT2D eigenvalue weighted by atomic mass is 10.2. The van der Waals surface area contributed by atoms with Gasteiger partial charge in [0.2, 0.25) is 0 Å². The fourth-order valence-electron chi connectivity index (χ4n) is 3.35. The maximum Gasteiger partial charge on any atom is 0.280 e. The number of aromatic nitrogens is 5. The summed E-state index contributed by atoms with van der Waals surface area (Å²) in [4.78, 5) is 21.1. The smallest absolute Gasteiger partial charge is 0.280 e. The van der Waals surface area contributed by atoms with Crippen LogP contribution in [0.3, 0.4) is 0 Å². The van der Waals surface area contributed by atoms with Crippen LogP contribution in [0.1, 0.15) is 48.4 Å². The van der Waals surface area contributed by atoms with E-state index in [9.17, 15) is 4.79 Å². The molecule has 0 bridgehead atoms. The van der Waals surface area contributed by atoms with Gasteiger partial charge in [-0.1, -0.05) is 24.2 Å². The number of carbonyl (C=O) groups excluding carboxylic acids is 1. The van der Waals surface area contributed by atoms with Crippen molar-refractivity contribution >= 4 is 11.6 Å². The molecule has 1 aromatic carbocycles. The standard InChI is InChI=1S/C20H25N7O2/c1-13(2)18-21-19(29-23-18)17-12-27(24-22-17)16-9-10-26(11-16)20(28)14-5-7-15(8-6-14)25(3)4/h5-8,12-13,16H,9-11H2,1-4H3/t16-/m0/s1. The molecule has 1 aliphatic rings. The Balaban J connectivity index is 1.43. The van der Waals surface area contributed by atoms with Crippen LogP contribution in [0, 0.1) is 0 Å². The topological polar surface area (TPSA) is 93.2 Å². The molecule has 9 heteroatoms. The normalized spacial score (nSPS) is 16.6. The van der Waals surface area contributed by atoms with Crippen LogP contribution in [0.25, 0.3) is 11.6 Å². The van der Waals surface area contributed by atoms with Crippen molar-refractivity contribution in [3.63, 3.8) is 0 Å². The first-order chi connectivity index (χ1) is 13.9. The molecule has 9 nitrogen and oxygen atoms in total. The number of likely N-dealkylation sites (tertiary alicyclic amines) is 1. The van der Waals surface area contributed by atoms with Crippen LogP contribution in [0.2, 0.25) is 0 Å². The molecule has 0 N–H and O–H groups in total. The minimum absolute atomic E-state index is 0.0385. The predicted octanol–water partition coefficient (Wildman–Crippen LogP) is 2.60. The second-order valence-electron chi connectivity index (χ2n) is 7.83. The van der Waals surface area contributed by atoms with E-state index in [1.165, 1.54) is 0 Å². The van der Waals surface area contributed by atoms with Crippen LogP contribution >= 0.6 is 0 Å². The zero-order valence-corrected chi connectivity index (χ0v) is 17.1. The lowest BCUT2D eigenvalue weighted by Crippen LogP contribution is -2.29. The lowest BCUT2D eigenvalue weighted by molar-refractivity contribution is 0.0787. The Kier molecular flexibility index (Phi) is 5.04. The maximum atomic E-state index is 12.8. The highest BCUT2D eigenvalue weighted by Crippen LogP contribution is 2.25. The monoisotopic (exact) mass is 395 g/mol. The van der Waals surface area contributed by atoms with Gasteiger partial charge in [-0.3, -0.25) is 4.79 Å². The summed E-state index contributed by atoms with van der Waals surface area (Å²) in [6, 6.07) is 7.75. The quantitative estimate of drug-likeness (QED) is 0.655. The first-order valence-corrected chi connectivity index (χ1v) is 9.75. The molecule has 1 aliphatic heterocycles. The summed E-state index contributed by atoms with van der Waals surface area (Å²) in [5.74, 6) is 1.24. The van der Waals surface area contributed by atoms with E-state index in [1.807, 2.05) is 68.2 Å². The van der Waals surface area contributed by atoms with Crippen molar-refractivity contribution in [2.45, 2.75) is 32.2 Å². The molecule has 0 unspecified atom stereocenters. The number of hydrogen-bond acceptors (Lipinski definition) is 7. The Bertz CT molecular complexity index is 990. The summed E-state index contributed by atoms with van der Waals surface area (Å²) < 4.78 is 7.08. The third kappa shape index (κ3) is 3.85. The fraction of sp³-hybridized carbons (Fsp3) is 0.450. The van der Waals surface area contributed by atoms with E-state index >= 15 is 0 Å². The van der Waals surface area contributed by atoms with Crippen LogP contribution in [-0.2, 0) is 0 Å². The summed E-state index contributed by atoms with van der Waals surface area (Å²) >= 11 is 0. The Labute approximate surface area is 169 Å². The number of carbonyl (C=O) groups is 1. The third-order valence-electron chi connectivity index (χ3n) is 5.14. The van der Waals surface area contributed by atoms with Crippen LogP contribution < -0.4 is 4.90 Å². The number of benzene rings is 1. The highest BCUT2D eigenvalue weighted by Gasteiger charge is 2.29. The molecule has 1 amide bonds. The zero-order valence-electron chi connectivity index (χ0n) is 17.1. The number of amides is 1. The van der Waals surface area contributed by atoms with Crippen LogP contribution in [0.4, 0.5) is 5.69 Å². The molecule has 1 saturated heterocycles. The molecule has 0 radical (unpaired) electrons. The molecule has 152 valence electrons. The Morgan fingerprint density at radius 3 is 2.66 bits per heavy atom. The third-order valence-corrected chi connectivity index (χ3v) is 5.14. The molecule has 4 rings (SSSR count). The SMILES string of the molecule is CC(C)c1noc(-c2cn([C@H]3CCN(C(=O)c4ccc(N(C)C)cc4)C3)nn2)n1. The zero-order chi connectivity index (χ0) is 20.5. The van der Waals surface area contributed by atoms with Gasteiger partial charge in [0.15, 0.2) is 11.5 Å². The number of rotatable bonds is 5. The van der Waals surface area contributed by atoms with Gasteiger partial charge in [-0.25, -0.2) is 4.68 Å². The molecular weight excluding hydrogens is 370 g/mol. The van der Waals surface area contributed by atoms with Crippen LogP contribution in [0.15, 0.2) is 35.0 Å². The fourth-order valence-corrected chi connectivity index (χ4v) is 3.35. The summed E-state index contributed by atoms with van der Waals surface area (Å²) in [5.41, 5.74) is 2.31. The minimum Gasteiger partial charge on any atom is -0.378 e. The molecule has 0 spiro atoms. The summed E-state index contributed by atoms with van der Waals surface area (Å²) in [5, 5.41) is 12.4. The average molecular weight is 395 g/mol. The number of hydrogen-bond donors (Lipinski definition) is 0. The van der Waals surface area contributed by atoms with E-state index in [0.717, 1.165) is 12.1 Å². The van der Waals surface area contributed by atoms with Gasteiger partial charge in [0.1, 0.15) is 0 Å². The van der Waals surface area contributed by atoms with E-state index in [1.54, 1.807) is 4.68 Å². The van der Waals surface area contributed by atoms with Gasteiger partial charge in [0.05, 0.1) is 12.2 Å². The molecule has 1 fully saturated rings. The van der Waals surface area contributed by atoms with E-state index in [-0.39, 0.29) is 17.9 Å². The molecule has 2 aromatic heterocycles. The van der Waals surface area contributed by atoms with E-state index in [2.05, 4.69) is 20.5 Å². The van der Waals surface area contributed by atoms with Gasteiger partial charge >= 0.3 is 0 Å². The average Bonchev–Trinajstić information content (AvgIpc) is 3.46.